The average Bonchev–Trinajstić information content (AvgIpc) is 2.42. The van der Waals surface area contributed by atoms with E-state index >= 15 is 0 Å². The van der Waals surface area contributed by atoms with Gasteiger partial charge < -0.3 is 9.47 Å². The normalized spacial score (nSPS) is 14.1. The summed E-state index contributed by atoms with van der Waals surface area (Å²) in [6.07, 6.45) is 6.43. The molecule has 0 aromatic carbocycles. The molecule has 0 heterocycles. The van der Waals surface area contributed by atoms with Crippen LogP contribution in [0, 0.1) is 5.92 Å². The highest BCUT2D eigenvalue weighted by molar-refractivity contribution is 5.42. The summed E-state index contributed by atoms with van der Waals surface area (Å²) in [4.78, 5) is 0. The molecule has 0 bridgehead atoms. The average molecular weight is 278 g/mol. The molecule has 0 amide bonds. The minimum absolute atomic E-state index is 0.521. The molecule has 0 rings (SSSR count). The molecule has 2 heteroatoms. The first-order valence-corrected chi connectivity index (χ1v) is 7.27. The Hall–Kier alpha value is -1.28. The fourth-order valence-corrected chi connectivity index (χ4v) is 1.54. The number of hydrogen-bond donors (Lipinski definition) is 0. The van der Waals surface area contributed by atoms with Crippen LogP contribution in [-0.4, -0.2) is 20.3 Å². The van der Waals surface area contributed by atoms with E-state index in [0.29, 0.717) is 19.1 Å². The molecule has 114 valence electrons. The molecule has 0 N–H and O–H groups in total. The number of rotatable bonds is 10. The summed E-state index contributed by atoms with van der Waals surface area (Å²) < 4.78 is 10.8. The maximum absolute atomic E-state index is 5.74. The van der Waals surface area contributed by atoms with Crippen molar-refractivity contribution < 1.29 is 9.47 Å². The van der Waals surface area contributed by atoms with Crippen molar-refractivity contribution in [2.75, 3.05) is 20.3 Å². The fourth-order valence-electron chi connectivity index (χ4n) is 1.54. The third-order valence-corrected chi connectivity index (χ3v) is 3.22. The Kier molecular flexibility index (Phi) is 9.83. The van der Waals surface area contributed by atoms with Gasteiger partial charge in [-0.3, -0.25) is 0 Å². The van der Waals surface area contributed by atoms with Crippen LogP contribution in [0.1, 0.15) is 40.5 Å². The minimum Gasteiger partial charge on any atom is -0.491 e. The molecule has 0 aromatic rings. The number of ether oxygens (including phenoxy) is 2. The smallest absolute Gasteiger partial charge is 0.126 e. The van der Waals surface area contributed by atoms with Gasteiger partial charge in [-0.1, -0.05) is 45.1 Å². The van der Waals surface area contributed by atoms with Crippen LogP contribution in [0.4, 0.5) is 0 Å². The summed E-state index contributed by atoms with van der Waals surface area (Å²) in [7, 11) is 1.66. The van der Waals surface area contributed by atoms with Crippen molar-refractivity contribution in [3.63, 3.8) is 0 Å². The van der Waals surface area contributed by atoms with Crippen molar-refractivity contribution in [2.45, 2.75) is 40.5 Å². The van der Waals surface area contributed by atoms with Gasteiger partial charge in [0.05, 0.1) is 6.61 Å². The summed E-state index contributed by atoms with van der Waals surface area (Å²) in [5.41, 5.74) is 3.04. The maximum Gasteiger partial charge on any atom is 0.126 e. The molecule has 0 aliphatic heterocycles. The molecular weight excluding hydrogens is 248 g/mol. The Bertz CT molecular complexity index is 375. The third kappa shape index (κ3) is 8.00. The summed E-state index contributed by atoms with van der Waals surface area (Å²) in [5.74, 6) is 1.48. The second kappa shape index (κ2) is 10.5. The number of allylic oxidation sites excluding steroid dienone is 4. The van der Waals surface area contributed by atoms with Crippen LogP contribution in [0.3, 0.4) is 0 Å². The zero-order chi connectivity index (χ0) is 15.5. The summed E-state index contributed by atoms with van der Waals surface area (Å²) >= 11 is 0. The lowest BCUT2D eigenvalue weighted by molar-refractivity contribution is 0.113. The minimum atomic E-state index is 0.521. The second-order valence-electron chi connectivity index (χ2n) is 5.31. The molecule has 0 aliphatic carbocycles. The zero-order valence-corrected chi connectivity index (χ0v) is 13.8. The van der Waals surface area contributed by atoms with E-state index in [1.54, 1.807) is 7.11 Å². The Morgan fingerprint density at radius 3 is 2.35 bits per heavy atom. The summed E-state index contributed by atoms with van der Waals surface area (Å²) in [6, 6.07) is 0. The molecule has 1 unspecified atom stereocenters. The van der Waals surface area contributed by atoms with Gasteiger partial charge in [0.1, 0.15) is 12.4 Å². The van der Waals surface area contributed by atoms with Crippen LogP contribution in [-0.2, 0) is 9.47 Å². The first kappa shape index (κ1) is 18.7. The van der Waals surface area contributed by atoms with Crippen LogP contribution in [0.25, 0.3) is 0 Å². The molecule has 1 atom stereocenters. The Morgan fingerprint density at radius 2 is 1.85 bits per heavy atom. The van der Waals surface area contributed by atoms with Crippen molar-refractivity contribution in [3.05, 3.63) is 47.8 Å². The van der Waals surface area contributed by atoms with Crippen LogP contribution in [0.5, 0.6) is 0 Å². The molecular formula is C18H30O2. The molecule has 0 radical (unpaired) electrons. The van der Waals surface area contributed by atoms with Crippen molar-refractivity contribution in [1.82, 2.24) is 0 Å². The molecule has 20 heavy (non-hydrogen) atoms. The summed E-state index contributed by atoms with van der Waals surface area (Å²) in [5, 5.41) is 0. The number of hydrogen-bond acceptors (Lipinski definition) is 2. The first-order chi connectivity index (χ1) is 9.42. The van der Waals surface area contributed by atoms with Crippen molar-refractivity contribution in [3.8, 4) is 0 Å². The molecule has 0 aromatic heterocycles. The summed E-state index contributed by atoms with van der Waals surface area (Å²) in [6.45, 7) is 17.6. The van der Waals surface area contributed by atoms with Gasteiger partial charge in [0, 0.05) is 12.7 Å². The Morgan fingerprint density at radius 1 is 1.20 bits per heavy atom. The maximum atomic E-state index is 5.74. The standard InChI is InChI=1S/C18H30O2/c1-8-15(4)9-10-16(5)17(6)18(13-14(2)3)20-12-11-19-7/h10,13,15H,2,6,8-9,11-12H2,1,3-5,7H3/b16-10+,18-13+. The van der Waals surface area contributed by atoms with Crippen LogP contribution in [0.15, 0.2) is 47.8 Å². The van der Waals surface area contributed by atoms with E-state index < -0.39 is 0 Å². The SMILES string of the molecule is C=C(C)/C=C(/OCCOC)C(=C)/C(C)=C/CC(C)CC. The highest BCUT2D eigenvalue weighted by Crippen LogP contribution is 2.21. The molecule has 0 aliphatic rings. The molecule has 2 nitrogen and oxygen atoms in total. The monoisotopic (exact) mass is 278 g/mol. The van der Waals surface area contributed by atoms with Crippen molar-refractivity contribution >= 4 is 0 Å². The lowest BCUT2D eigenvalue weighted by Crippen LogP contribution is -2.04. The molecule has 0 spiro atoms. The zero-order valence-electron chi connectivity index (χ0n) is 13.8. The van der Waals surface area contributed by atoms with E-state index in [1.165, 1.54) is 6.42 Å². The van der Waals surface area contributed by atoms with Crippen molar-refractivity contribution in [1.29, 1.82) is 0 Å². The van der Waals surface area contributed by atoms with Gasteiger partial charge in [0.15, 0.2) is 0 Å². The molecule has 0 saturated carbocycles. The van der Waals surface area contributed by atoms with Crippen LogP contribution in [0.2, 0.25) is 0 Å². The Balaban J connectivity index is 4.80. The Labute approximate surface area is 124 Å². The lowest BCUT2D eigenvalue weighted by Gasteiger charge is -2.14. The third-order valence-electron chi connectivity index (χ3n) is 3.22. The van der Waals surface area contributed by atoms with E-state index in [2.05, 4.69) is 40.0 Å². The predicted octanol–water partition coefficient (Wildman–Crippen LogP) is 5.05. The molecule has 0 fully saturated rings. The van der Waals surface area contributed by atoms with Gasteiger partial charge >= 0.3 is 0 Å². The first-order valence-electron chi connectivity index (χ1n) is 7.27. The van der Waals surface area contributed by atoms with E-state index in [0.717, 1.165) is 28.9 Å². The van der Waals surface area contributed by atoms with Gasteiger partial charge in [-0.05, 0) is 37.8 Å². The fraction of sp³-hybridized carbons (Fsp3) is 0.556. The number of methoxy groups -OCH3 is 1. The van der Waals surface area contributed by atoms with Crippen LogP contribution < -0.4 is 0 Å². The van der Waals surface area contributed by atoms with Gasteiger partial charge in [-0.25, -0.2) is 0 Å². The van der Waals surface area contributed by atoms with E-state index in [4.69, 9.17) is 9.47 Å². The van der Waals surface area contributed by atoms with Gasteiger partial charge in [0.25, 0.3) is 0 Å². The second-order valence-corrected chi connectivity index (χ2v) is 5.31. The van der Waals surface area contributed by atoms with Gasteiger partial charge in [0.2, 0.25) is 0 Å². The van der Waals surface area contributed by atoms with E-state index in [-0.39, 0.29) is 0 Å². The predicted molar refractivity (Wildman–Crippen MR) is 87.7 cm³/mol. The molecule has 0 saturated heterocycles. The van der Waals surface area contributed by atoms with Crippen molar-refractivity contribution in [2.24, 2.45) is 5.92 Å². The van der Waals surface area contributed by atoms with Gasteiger partial charge in [-0.2, -0.15) is 0 Å². The van der Waals surface area contributed by atoms with E-state index in [9.17, 15) is 0 Å². The van der Waals surface area contributed by atoms with Crippen LogP contribution >= 0.6 is 0 Å². The topological polar surface area (TPSA) is 18.5 Å². The highest BCUT2D eigenvalue weighted by atomic mass is 16.5. The lowest BCUT2D eigenvalue weighted by atomic mass is 9.99. The highest BCUT2D eigenvalue weighted by Gasteiger charge is 2.07. The van der Waals surface area contributed by atoms with E-state index in [1.807, 2.05) is 13.0 Å². The van der Waals surface area contributed by atoms with Gasteiger partial charge in [-0.15, -0.1) is 0 Å². The quantitative estimate of drug-likeness (QED) is 0.316. The largest absolute Gasteiger partial charge is 0.491 e.